The van der Waals surface area contributed by atoms with Gasteiger partial charge in [-0.15, -0.1) is 0 Å². The maximum Gasteiger partial charge on any atom is 0.224 e. The van der Waals surface area contributed by atoms with E-state index in [1.807, 2.05) is 37.3 Å². The summed E-state index contributed by atoms with van der Waals surface area (Å²) in [6.07, 6.45) is 0.594. The lowest BCUT2D eigenvalue weighted by Crippen LogP contribution is -2.30. The summed E-state index contributed by atoms with van der Waals surface area (Å²) in [5.74, 6) is 0.155. The first-order chi connectivity index (χ1) is 11.6. The number of phenols is 1. The standard InChI is InChI=1S/C19H20N2O3/c1-13(14-5-3-2-4-6-14)20-19(23)12-17-11-18(21-24-17)15-7-9-16(22)10-8-15/h2-10,13,17,22H,11-12H2,1H3,(H,20,23). The second-order valence-corrected chi connectivity index (χ2v) is 5.92. The van der Waals surface area contributed by atoms with E-state index in [0.29, 0.717) is 6.42 Å². The zero-order valence-corrected chi connectivity index (χ0v) is 13.5. The molecule has 0 aliphatic carbocycles. The fourth-order valence-electron chi connectivity index (χ4n) is 2.69. The van der Waals surface area contributed by atoms with Gasteiger partial charge in [0.25, 0.3) is 0 Å². The third-order valence-electron chi connectivity index (χ3n) is 4.02. The van der Waals surface area contributed by atoms with Crippen LogP contribution in [0.25, 0.3) is 0 Å². The van der Waals surface area contributed by atoms with Crippen LogP contribution in [0, 0.1) is 0 Å². The van der Waals surface area contributed by atoms with Gasteiger partial charge in [-0.05, 0) is 42.3 Å². The van der Waals surface area contributed by atoms with Crippen LogP contribution < -0.4 is 5.32 Å². The van der Waals surface area contributed by atoms with E-state index in [1.54, 1.807) is 24.3 Å². The molecule has 1 heterocycles. The third kappa shape index (κ3) is 3.93. The normalized spacial score (nSPS) is 17.7. The van der Waals surface area contributed by atoms with Crippen molar-refractivity contribution in [3.63, 3.8) is 0 Å². The Hall–Kier alpha value is -2.82. The van der Waals surface area contributed by atoms with Crippen LogP contribution in [0.5, 0.6) is 5.75 Å². The number of rotatable bonds is 5. The zero-order valence-electron chi connectivity index (χ0n) is 13.5. The highest BCUT2D eigenvalue weighted by molar-refractivity contribution is 6.01. The van der Waals surface area contributed by atoms with Gasteiger partial charge >= 0.3 is 0 Å². The molecule has 2 N–H and O–H groups in total. The van der Waals surface area contributed by atoms with E-state index in [1.165, 1.54) is 0 Å². The van der Waals surface area contributed by atoms with Gasteiger partial charge in [0.05, 0.1) is 18.2 Å². The van der Waals surface area contributed by atoms with Crippen LogP contribution in [0.2, 0.25) is 0 Å². The molecule has 0 saturated heterocycles. The number of nitrogens with zero attached hydrogens (tertiary/aromatic N) is 1. The number of aromatic hydroxyl groups is 1. The van der Waals surface area contributed by atoms with E-state index in [-0.39, 0.29) is 30.2 Å². The van der Waals surface area contributed by atoms with Crippen molar-refractivity contribution >= 4 is 11.6 Å². The Kier molecular flexibility index (Phi) is 4.79. The third-order valence-corrected chi connectivity index (χ3v) is 4.02. The lowest BCUT2D eigenvalue weighted by atomic mass is 10.0. The minimum atomic E-state index is -0.253. The molecule has 0 saturated carbocycles. The summed E-state index contributed by atoms with van der Waals surface area (Å²) in [5, 5.41) is 16.4. The van der Waals surface area contributed by atoms with E-state index in [2.05, 4.69) is 10.5 Å². The zero-order chi connectivity index (χ0) is 16.9. The number of phenolic OH excluding ortho intramolecular Hbond substituents is 1. The first-order valence-electron chi connectivity index (χ1n) is 7.98. The maximum absolute atomic E-state index is 12.2. The van der Waals surface area contributed by atoms with Gasteiger partial charge in [-0.25, -0.2) is 0 Å². The fraction of sp³-hybridized carbons (Fsp3) is 0.263. The van der Waals surface area contributed by atoms with Gasteiger partial charge in [0.15, 0.2) is 0 Å². The summed E-state index contributed by atoms with van der Waals surface area (Å²) < 4.78 is 0. The molecule has 124 valence electrons. The summed E-state index contributed by atoms with van der Waals surface area (Å²) in [5.41, 5.74) is 2.76. The largest absolute Gasteiger partial charge is 0.508 e. The SMILES string of the molecule is CC(NC(=O)CC1CC(c2ccc(O)cc2)=NO1)c1ccccc1. The Labute approximate surface area is 141 Å². The Morgan fingerprint density at radius 2 is 1.96 bits per heavy atom. The summed E-state index contributed by atoms with van der Waals surface area (Å²) in [6, 6.07) is 16.6. The number of carbonyl (C=O) groups excluding carboxylic acids is 1. The molecule has 0 radical (unpaired) electrons. The van der Waals surface area contributed by atoms with E-state index in [4.69, 9.17) is 4.84 Å². The van der Waals surface area contributed by atoms with Gasteiger partial charge in [0, 0.05) is 6.42 Å². The molecule has 0 fully saturated rings. The molecule has 5 heteroatoms. The lowest BCUT2D eigenvalue weighted by molar-refractivity contribution is -0.124. The number of oxime groups is 1. The van der Waals surface area contributed by atoms with Crippen molar-refractivity contribution in [3.8, 4) is 5.75 Å². The molecule has 1 aliphatic heterocycles. The first-order valence-corrected chi connectivity index (χ1v) is 7.98. The van der Waals surface area contributed by atoms with Crippen molar-refractivity contribution in [1.29, 1.82) is 0 Å². The lowest BCUT2D eigenvalue weighted by Gasteiger charge is -2.15. The van der Waals surface area contributed by atoms with Gasteiger partial charge < -0.3 is 15.3 Å². The Morgan fingerprint density at radius 3 is 2.67 bits per heavy atom. The summed E-state index contributed by atoms with van der Waals surface area (Å²) >= 11 is 0. The Balaban J connectivity index is 1.51. The fourth-order valence-corrected chi connectivity index (χ4v) is 2.69. The van der Waals surface area contributed by atoms with Crippen LogP contribution in [0.3, 0.4) is 0 Å². The number of benzene rings is 2. The Morgan fingerprint density at radius 1 is 1.25 bits per heavy atom. The quantitative estimate of drug-likeness (QED) is 0.887. The monoisotopic (exact) mass is 324 g/mol. The van der Waals surface area contributed by atoms with Gasteiger partial charge in [-0.2, -0.15) is 0 Å². The minimum absolute atomic E-state index is 0.0439. The number of nitrogens with one attached hydrogen (secondary N) is 1. The van der Waals surface area contributed by atoms with Gasteiger partial charge in [0.2, 0.25) is 5.91 Å². The smallest absolute Gasteiger partial charge is 0.224 e. The van der Waals surface area contributed by atoms with Crippen molar-refractivity contribution in [2.75, 3.05) is 0 Å². The van der Waals surface area contributed by atoms with Gasteiger partial charge in [-0.1, -0.05) is 35.5 Å². The first kappa shape index (κ1) is 16.1. The van der Waals surface area contributed by atoms with Crippen LogP contribution in [0.4, 0.5) is 0 Å². The molecule has 1 aliphatic rings. The van der Waals surface area contributed by atoms with Crippen LogP contribution in [-0.4, -0.2) is 22.8 Å². The van der Waals surface area contributed by atoms with Crippen LogP contribution in [-0.2, 0) is 9.63 Å². The average molecular weight is 324 g/mol. The molecule has 2 unspecified atom stereocenters. The maximum atomic E-state index is 12.2. The molecule has 24 heavy (non-hydrogen) atoms. The number of hydrogen-bond donors (Lipinski definition) is 2. The summed E-state index contributed by atoms with van der Waals surface area (Å²) in [7, 11) is 0. The van der Waals surface area contributed by atoms with Crippen molar-refractivity contribution < 1.29 is 14.7 Å². The van der Waals surface area contributed by atoms with Crippen LogP contribution >= 0.6 is 0 Å². The minimum Gasteiger partial charge on any atom is -0.508 e. The predicted molar refractivity (Wildman–Crippen MR) is 91.8 cm³/mol. The van der Waals surface area contributed by atoms with Crippen molar-refractivity contribution in [1.82, 2.24) is 5.32 Å². The topological polar surface area (TPSA) is 70.9 Å². The molecule has 0 bridgehead atoms. The van der Waals surface area contributed by atoms with Crippen molar-refractivity contribution in [2.45, 2.75) is 31.9 Å². The van der Waals surface area contributed by atoms with E-state index < -0.39 is 0 Å². The van der Waals surface area contributed by atoms with Crippen molar-refractivity contribution in [2.24, 2.45) is 5.16 Å². The molecule has 2 aromatic rings. The molecular formula is C19H20N2O3. The second-order valence-electron chi connectivity index (χ2n) is 5.92. The molecule has 0 aromatic heterocycles. The molecule has 0 spiro atoms. The van der Waals surface area contributed by atoms with Crippen LogP contribution in [0.15, 0.2) is 59.8 Å². The Bertz CT molecular complexity index is 726. The highest BCUT2D eigenvalue weighted by atomic mass is 16.6. The van der Waals surface area contributed by atoms with Crippen molar-refractivity contribution in [3.05, 3.63) is 65.7 Å². The van der Waals surface area contributed by atoms with E-state index >= 15 is 0 Å². The second kappa shape index (κ2) is 7.17. The van der Waals surface area contributed by atoms with Gasteiger partial charge in [-0.3, -0.25) is 4.79 Å². The highest BCUT2D eigenvalue weighted by Gasteiger charge is 2.25. The number of carbonyl (C=O) groups is 1. The molecule has 2 aromatic carbocycles. The van der Waals surface area contributed by atoms with E-state index in [0.717, 1.165) is 16.8 Å². The molecular weight excluding hydrogens is 304 g/mol. The number of hydrogen-bond acceptors (Lipinski definition) is 4. The van der Waals surface area contributed by atoms with E-state index in [9.17, 15) is 9.90 Å². The average Bonchev–Trinajstić information content (AvgIpc) is 3.04. The summed E-state index contributed by atoms with van der Waals surface area (Å²) in [4.78, 5) is 17.6. The highest BCUT2D eigenvalue weighted by Crippen LogP contribution is 2.21. The summed E-state index contributed by atoms with van der Waals surface area (Å²) in [6.45, 7) is 1.96. The predicted octanol–water partition coefficient (Wildman–Crippen LogP) is 3.15. The van der Waals surface area contributed by atoms with Gasteiger partial charge in [0.1, 0.15) is 11.9 Å². The molecule has 5 nitrogen and oxygen atoms in total. The number of amides is 1. The molecule has 2 atom stereocenters. The molecule has 3 rings (SSSR count). The van der Waals surface area contributed by atoms with Crippen LogP contribution in [0.1, 0.15) is 36.9 Å². The molecule has 1 amide bonds.